The molecule has 1 saturated heterocycles. The Labute approximate surface area is 150 Å². The van der Waals surface area contributed by atoms with E-state index < -0.39 is 5.92 Å². The number of halogens is 2. The van der Waals surface area contributed by atoms with Gasteiger partial charge < -0.3 is 10.2 Å². The van der Waals surface area contributed by atoms with Crippen LogP contribution in [0.15, 0.2) is 39.3 Å². The summed E-state index contributed by atoms with van der Waals surface area (Å²) >= 11 is 1.62. The monoisotopic (exact) mass is 362 g/mol. The third-order valence-corrected chi connectivity index (χ3v) is 6.15. The molecule has 2 heterocycles. The van der Waals surface area contributed by atoms with E-state index in [2.05, 4.69) is 17.4 Å². The molecular formula is C19H20F2N2OS. The Morgan fingerprint density at radius 1 is 1.20 bits per heavy atom. The SMILES string of the molecule is CC1=CC(=O)CC2=C1Nc1c(C)cc(N3CCC(F)(F)CC3)cc1S2. The summed E-state index contributed by atoms with van der Waals surface area (Å²) in [6.07, 6.45) is 1.92. The molecule has 0 spiro atoms. The van der Waals surface area contributed by atoms with Crippen LogP contribution in [0.1, 0.15) is 31.7 Å². The molecule has 0 radical (unpaired) electrons. The molecule has 1 aliphatic carbocycles. The number of thioether (sulfide) groups is 1. The minimum absolute atomic E-state index is 0.0949. The number of piperidine rings is 1. The highest BCUT2D eigenvalue weighted by atomic mass is 32.2. The molecule has 1 aromatic carbocycles. The number of rotatable bonds is 1. The molecule has 0 unspecified atom stereocenters. The Kier molecular flexibility index (Phi) is 3.90. The van der Waals surface area contributed by atoms with E-state index in [9.17, 15) is 13.6 Å². The molecule has 1 fully saturated rings. The molecule has 3 nitrogen and oxygen atoms in total. The zero-order valence-corrected chi connectivity index (χ0v) is 15.1. The van der Waals surface area contributed by atoms with E-state index >= 15 is 0 Å². The first-order chi connectivity index (χ1) is 11.8. The van der Waals surface area contributed by atoms with Crippen LogP contribution < -0.4 is 10.2 Å². The van der Waals surface area contributed by atoms with Gasteiger partial charge in [-0.1, -0.05) is 11.8 Å². The summed E-state index contributed by atoms with van der Waals surface area (Å²) in [5.41, 5.74) is 5.13. The summed E-state index contributed by atoms with van der Waals surface area (Å²) in [5, 5.41) is 3.48. The fraction of sp³-hybridized carbons (Fsp3) is 0.421. The standard InChI is InChI=1S/C19H20F2N2OS/c1-11-7-13(23-5-3-19(20,21)4-6-23)9-15-17(11)22-18-12(2)8-14(24)10-16(18)25-15/h7-9,22H,3-6,10H2,1-2H3. The normalized spacial score (nSPS) is 22.2. The van der Waals surface area contributed by atoms with Crippen LogP contribution >= 0.6 is 11.8 Å². The summed E-state index contributed by atoms with van der Waals surface area (Å²) in [4.78, 5) is 16.0. The average molecular weight is 362 g/mol. The van der Waals surface area contributed by atoms with Crippen LogP contribution in [0.4, 0.5) is 20.2 Å². The second-order valence-corrected chi connectivity index (χ2v) is 8.11. The second kappa shape index (κ2) is 5.87. The van der Waals surface area contributed by atoms with Crippen molar-refractivity contribution in [2.45, 2.75) is 43.9 Å². The van der Waals surface area contributed by atoms with Crippen LogP contribution in [-0.2, 0) is 4.79 Å². The van der Waals surface area contributed by atoms with Gasteiger partial charge in [0.2, 0.25) is 0 Å². The third-order valence-electron chi connectivity index (χ3n) is 5.01. The van der Waals surface area contributed by atoms with E-state index in [1.807, 2.05) is 18.7 Å². The Bertz CT molecular complexity index is 819. The van der Waals surface area contributed by atoms with E-state index in [4.69, 9.17) is 0 Å². The average Bonchev–Trinajstić information content (AvgIpc) is 2.53. The van der Waals surface area contributed by atoms with E-state index in [1.54, 1.807) is 17.8 Å². The van der Waals surface area contributed by atoms with E-state index in [0.717, 1.165) is 38.0 Å². The van der Waals surface area contributed by atoms with Gasteiger partial charge in [0, 0.05) is 47.8 Å². The van der Waals surface area contributed by atoms with Crippen molar-refractivity contribution >= 4 is 28.9 Å². The summed E-state index contributed by atoms with van der Waals surface area (Å²) < 4.78 is 26.8. The number of hydrogen-bond donors (Lipinski definition) is 1. The molecule has 1 aromatic rings. The summed E-state index contributed by atoms with van der Waals surface area (Å²) in [7, 11) is 0. The number of alkyl halides is 2. The highest BCUT2D eigenvalue weighted by Crippen LogP contribution is 2.47. The summed E-state index contributed by atoms with van der Waals surface area (Å²) in [5.74, 6) is -2.41. The number of nitrogens with zero attached hydrogens (tertiary/aromatic N) is 1. The molecule has 6 heteroatoms. The molecule has 1 N–H and O–H groups in total. The Hall–Kier alpha value is -1.82. The quantitative estimate of drug-likeness (QED) is 0.772. The molecule has 0 amide bonds. The first kappa shape index (κ1) is 16.6. The highest BCUT2D eigenvalue weighted by Gasteiger charge is 2.34. The first-order valence-electron chi connectivity index (χ1n) is 8.49. The Balaban J connectivity index is 1.64. The zero-order valence-electron chi connectivity index (χ0n) is 14.3. The lowest BCUT2D eigenvalue weighted by molar-refractivity contribution is -0.114. The van der Waals surface area contributed by atoms with Gasteiger partial charge in [-0.05, 0) is 43.2 Å². The van der Waals surface area contributed by atoms with Crippen LogP contribution in [0.25, 0.3) is 0 Å². The predicted molar refractivity (Wildman–Crippen MR) is 97.5 cm³/mol. The van der Waals surface area contributed by atoms with Gasteiger partial charge in [0.05, 0.1) is 11.4 Å². The van der Waals surface area contributed by atoms with Gasteiger partial charge in [-0.25, -0.2) is 8.78 Å². The molecule has 25 heavy (non-hydrogen) atoms. The number of hydrogen-bond acceptors (Lipinski definition) is 4. The second-order valence-electron chi connectivity index (χ2n) is 6.97. The topological polar surface area (TPSA) is 32.3 Å². The van der Waals surface area contributed by atoms with Crippen molar-refractivity contribution in [1.29, 1.82) is 0 Å². The van der Waals surface area contributed by atoms with Crippen molar-refractivity contribution in [3.8, 4) is 0 Å². The lowest BCUT2D eigenvalue weighted by Crippen LogP contribution is -2.39. The van der Waals surface area contributed by atoms with Gasteiger partial charge in [0.1, 0.15) is 0 Å². The van der Waals surface area contributed by atoms with E-state index in [-0.39, 0.29) is 18.6 Å². The number of aryl methyl sites for hydroxylation is 1. The molecule has 2 aliphatic heterocycles. The lowest BCUT2D eigenvalue weighted by Gasteiger charge is -2.35. The van der Waals surface area contributed by atoms with Crippen LogP contribution in [0.2, 0.25) is 0 Å². The minimum Gasteiger partial charge on any atom is -0.371 e. The van der Waals surface area contributed by atoms with Gasteiger partial charge in [-0.2, -0.15) is 0 Å². The molecule has 0 aromatic heterocycles. The Morgan fingerprint density at radius 2 is 1.92 bits per heavy atom. The highest BCUT2D eigenvalue weighted by molar-refractivity contribution is 8.03. The molecule has 4 rings (SSSR count). The maximum absolute atomic E-state index is 13.4. The maximum Gasteiger partial charge on any atom is 0.251 e. The van der Waals surface area contributed by atoms with Crippen molar-refractivity contribution < 1.29 is 13.6 Å². The molecule has 3 aliphatic rings. The maximum atomic E-state index is 13.4. The smallest absolute Gasteiger partial charge is 0.251 e. The van der Waals surface area contributed by atoms with Crippen LogP contribution in [-0.4, -0.2) is 24.8 Å². The lowest BCUT2D eigenvalue weighted by atomic mass is 10.0. The fourth-order valence-corrected chi connectivity index (χ4v) is 4.88. The third kappa shape index (κ3) is 3.08. The molecule has 0 saturated carbocycles. The van der Waals surface area contributed by atoms with Crippen molar-refractivity contribution in [3.05, 3.63) is 39.9 Å². The number of benzene rings is 1. The molecule has 0 atom stereocenters. The molecule has 0 bridgehead atoms. The largest absolute Gasteiger partial charge is 0.371 e. The molecule has 132 valence electrons. The minimum atomic E-state index is -2.54. The fourth-order valence-electron chi connectivity index (χ4n) is 3.60. The van der Waals surface area contributed by atoms with Gasteiger partial charge in [0.25, 0.3) is 5.92 Å². The predicted octanol–water partition coefficient (Wildman–Crippen LogP) is 4.88. The first-order valence-corrected chi connectivity index (χ1v) is 9.31. The van der Waals surface area contributed by atoms with E-state index in [0.29, 0.717) is 19.5 Å². The van der Waals surface area contributed by atoms with Gasteiger partial charge in [-0.3, -0.25) is 4.79 Å². The number of carbonyl (C=O) groups excluding carboxylic acids is 1. The number of allylic oxidation sites excluding steroid dienone is 3. The number of fused-ring (bicyclic) bond motifs is 1. The van der Waals surface area contributed by atoms with Gasteiger partial charge >= 0.3 is 0 Å². The summed E-state index contributed by atoms with van der Waals surface area (Å²) in [6, 6.07) is 4.12. The van der Waals surface area contributed by atoms with Crippen molar-refractivity contribution in [1.82, 2.24) is 0 Å². The van der Waals surface area contributed by atoms with Crippen molar-refractivity contribution in [2.24, 2.45) is 0 Å². The molecular weight excluding hydrogens is 342 g/mol. The van der Waals surface area contributed by atoms with Crippen LogP contribution in [0.3, 0.4) is 0 Å². The number of anilines is 2. The van der Waals surface area contributed by atoms with Crippen LogP contribution in [0, 0.1) is 6.92 Å². The van der Waals surface area contributed by atoms with Gasteiger partial charge in [0.15, 0.2) is 5.78 Å². The van der Waals surface area contributed by atoms with Crippen molar-refractivity contribution in [3.63, 3.8) is 0 Å². The zero-order chi connectivity index (χ0) is 17.8. The van der Waals surface area contributed by atoms with Gasteiger partial charge in [-0.15, -0.1) is 0 Å². The van der Waals surface area contributed by atoms with Crippen molar-refractivity contribution in [2.75, 3.05) is 23.3 Å². The number of ketones is 1. The number of carbonyl (C=O) groups is 1. The number of nitrogens with one attached hydrogen (secondary N) is 1. The summed E-state index contributed by atoms with van der Waals surface area (Å²) in [6.45, 7) is 4.73. The Morgan fingerprint density at radius 3 is 2.64 bits per heavy atom. The van der Waals surface area contributed by atoms with E-state index in [1.165, 1.54) is 0 Å². The van der Waals surface area contributed by atoms with Crippen LogP contribution in [0.5, 0.6) is 0 Å².